The highest BCUT2D eigenvalue weighted by atomic mass is 32.1. The molecule has 3 aromatic heterocycles. The first-order valence-corrected chi connectivity index (χ1v) is 12.1. The molecule has 0 bridgehead atoms. The number of hydrogen-bond donors (Lipinski definition) is 2. The Kier molecular flexibility index (Phi) is 7.09. The zero-order valence-electron chi connectivity index (χ0n) is 18.6. The molecule has 3 heterocycles. The van der Waals surface area contributed by atoms with Crippen LogP contribution in [-0.2, 0) is 13.0 Å². The Morgan fingerprint density at radius 2 is 1.94 bits per heavy atom. The maximum atomic E-state index is 9.81. The smallest absolute Gasteiger partial charge is 0.223 e. The molecule has 0 radical (unpaired) electrons. The Bertz CT molecular complexity index is 966. The lowest BCUT2D eigenvalue weighted by Crippen LogP contribution is -2.31. The van der Waals surface area contributed by atoms with Gasteiger partial charge in [0.05, 0.1) is 17.5 Å². The van der Waals surface area contributed by atoms with Crippen LogP contribution in [0.3, 0.4) is 0 Å². The molecule has 0 amide bonds. The molecule has 31 heavy (non-hydrogen) atoms. The van der Waals surface area contributed by atoms with Crippen molar-refractivity contribution in [3.8, 4) is 0 Å². The molecule has 0 saturated heterocycles. The number of nitrogens with one attached hydrogen (secondary N) is 1. The van der Waals surface area contributed by atoms with E-state index < -0.39 is 0 Å². The number of anilines is 1. The van der Waals surface area contributed by atoms with Crippen LogP contribution in [0.4, 0.5) is 5.95 Å². The highest BCUT2D eigenvalue weighted by Crippen LogP contribution is 2.24. The zero-order valence-corrected chi connectivity index (χ0v) is 19.4. The van der Waals surface area contributed by atoms with Gasteiger partial charge in [-0.05, 0) is 64.3 Å². The van der Waals surface area contributed by atoms with Crippen molar-refractivity contribution in [3.63, 3.8) is 0 Å². The van der Waals surface area contributed by atoms with Crippen LogP contribution in [-0.4, -0.2) is 54.7 Å². The average Bonchev–Trinajstić information content (AvgIpc) is 3.15. The van der Waals surface area contributed by atoms with Gasteiger partial charge in [-0.15, -0.1) is 0 Å². The SMILES string of the molecule is CCN(Cc1cc(Cc2nc3cccnc3s2)nc(NC2CCC(O)CC2)n1)C(C)C. The van der Waals surface area contributed by atoms with E-state index in [2.05, 4.69) is 42.0 Å². The second-order valence-corrected chi connectivity index (χ2v) is 9.65. The van der Waals surface area contributed by atoms with Crippen LogP contribution in [0.15, 0.2) is 24.4 Å². The van der Waals surface area contributed by atoms with Crippen LogP contribution >= 0.6 is 11.3 Å². The lowest BCUT2D eigenvalue weighted by molar-refractivity contribution is 0.126. The molecule has 3 aromatic rings. The first-order valence-electron chi connectivity index (χ1n) is 11.3. The predicted molar refractivity (Wildman–Crippen MR) is 125 cm³/mol. The largest absolute Gasteiger partial charge is 0.393 e. The van der Waals surface area contributed by atoms with Gasteiger partial charge in [0.25, 0.3) is 0 Å². The first kappa shape index (κ1) is 22.0. The maximum Gasteiger partial charge on any atom is 0.223 e. The second kappa shape index (κ2) is 9.97. The molecule has 0 atom stereocenters. The summed E-state index contributed by atoms with van der Waals surface area (Å²) in [6.07, 6.45) is 5.86. The van der Waals surface area contributed by atoms with Gasteiger partial charge < -0.3 is 10.4 Å². The molecular formula is C23H32N6OS. The maximum absolute atomic E-state index is 9.81. The molecule has 7 nitrogen and oxygen atoms in total. The Labute approximate surface area is 188 Å². The van der Waals surface area contributed by atoms with Gasteiger partial charge in [0.15, 0.2) is 0 Å². The van der Waals surface area contributed by atoms with Gasteiger partial charge in [-0.3, -0.25) is 4.90 Å². The third kappa shape index (κ3) is 5.75. The van der Waals surface area contributed by atoms with Crippen LogP contribution in [0.2, 0.25) is 0 Å². The van der Waals surface area contributed by atoms with Crippen LogP contribution < -0.4 is 5.32 Å². The van der Waals surface area contributed by atoms with Crippen LogP contribution in [0.5, 0.6) is 0 Å². The van der Waals surface area contributed by atoms with Gasteiger partial charge in [-0.1, -0.05) is 18.3 Å². The number of pyridine rings is 1. The number of aromatic nitrogens is 4. The van der Waals surface area contributed by atoms with Crippen molar-refractivity contribution in [2.45, 2.75) is 77.6 Å². The Morgan fingerprint density at radius 3 is 2.65 bits per heavy atom. The van der Waals surface area contributed by atoms with Gasteiger partial charge in [0.2, 0.25) is 5.95 Å². The zero-order chi connectivity index (χ0) is 21.8. The van der Waals surface area contributed by atoms with E-state index in [1.807, 2.05) is 18.3 Å². The van der Waals surface area contributed by atoms with E-state index in [0.717, 1.165) is 65.5 Å². The Morgan fingerprint density at radius 1 is 1.16 bits per heavy atom. The summed E-state index contributed by atoms with van der Waals surface area (Å²) >= 11 is 1.62. The Hall–Kier alpha value is -2.16. The minimum Gasteiger partial charge on any atom is -0.393 e. The van der Waals surface area contributed by atoms with Crippen molar-refractivity contribution in [2.75, 3.05) is 11.9 Å². The molecule has 0 aliphatic heterocycles. The lowest BCUT2D eigenvalue weighted by Gasteiger charge is -2.27. The van der Waals surface area contributed by atoms with Crippen molar-refractivity contribution < 1.29 is 5.11 Å². The van der Waals surface area contributed by atoms with E-state index in [4.69, 9.17) is 15.0 Å². The summed E-state index contributed by atoms with van der Waals surface area (Å²) in [5.41, 5.74) is 2.94. The van der Waals surface area contributed by atoms with Crippen molar-refractivity contribution in [3.05, 3.63) is 40.8 Å². The molecule has 0 spiro atoms. The van der Waals surface area contributed by atoms with E-state index in [9.17, 15) is 5.11 Å². The van der Waals surface area contributed by atoms with Crippen LogP contribution in [0.25, 0.3) is 10.3 Å². The number of aliphatic hydroxyl groups is 1. The molecule has 1 saturated carbocycles. The Balaban J connectivity index is 1.58. The lowest BCUT2D eigenvalue weighted by atomic mass is 9.93. The summed E-state index contributed by atoms with van der Waals surface area (Å²) in [5, 5.41) is 14.4. The van der Waals surface area contributed by atoms with E-state index in [1.54, 1.807) is 11.3 Å². The number of hydrogen-bond acceptors (Lipinski definition) is 8. The van der Waals surface area contributed by atoms with Gasteiger partial charge >= 0.3 is 0 Å². The second-order valence-electron chi connectivity index (χ2n) is 8.59. The minimum absolute atomic E-state index is 0.169. The van der Waals surface area contributed by atoms with Gasteiger partial charge in [-0.2, -0.15) is 0 Å². The number of thiazole rings is 1. The number of rotatable bonds is 8. The fraction of sp³-hybridized carbons (Fsp3) is 0.565. The third-order valence-electron chi connectivity index (χ3n) is 5.91. The molecule has 0 unspecified atom stereocenters. The van der Waals surface area contributed by atoms with Crippen molar-refractivity contribution in [2.24, 2.45) is 0 Å². The minimum atomic E-state index is -0.169. The van der Waals surface area contributed by atoms with Crippen LogP contribution in [0, 0.1) is 0 Å². The quantitative estimate of drug-likeness (QED) is 0.547. The first-order chi connectivity index (χ1) is 15.0. The highest BCUT2D eigenvalue weighted by Gasteiger charge is 2.21. The summed E-state index contributed by atoms with van der Waals surface area (Å²) < 4.78 is 0. The van der Waals surface area contributed by atoms with Crippen LogP contribution in [0.1, 0.15) is 62.8 Å². The molecule has 8 heteroatoms. The van der Waals surface area contributed by atoms with Crippen molar-refractivity contribution in [1.29, 1.82) is 0 Å². The molecular weight excluding hydrogens is 408 g/mol. The summed E-state index contributed by atoms with van der Waals surface area (Å²) in [5.74, 6) is 0.688. The van der Waals surface area contributed by atoms with E-state index >= 15 is 0 Å². The van der Waals surface area contributed by atoms with Gasteiger partial charge in [-0.25, -0.2) is 19.9 Å². The molecule has 166 valence electrons. The molecule has 1 aliphatic carbocycles. The topological polar surface area (TPSA) is 87.1 Å². The molecule has 1 aliphatic rings. The molecule has 4 rings (SSSR count). The number of nitrogens with zero attached hydrogens (tertiary/aromatic N) is 5. The number of aliphatic hydroxyl groups excluding tert-OH is 1. The van der Waals surface area contributed by atoms with E-state index in [-0.39, 0.29) is 6.10 Å². The monoisotopic (exact) mass is 440 g/mol. The summed E-state index contributed by atoms with van der Waals surface area (Å²) in [6.45, 7) is 8.38. The van der Waals surface area contributed by atoms with E-state index in [1.165, 1.54) is 0 Å². The van der Waals surface area contributed by atoms with Gasteiger partial charge in [0, 0.05) is 31.2 Å². The molecule has 1 fully saturated rings. The van der Waals surface area contributed by atoms with Crippen molar-refractivity contribution >= 4 is 27.6 Å². The molecule has 0 aromatic carbocycles. The highest BCUT2D eigenvalue weighted by molar-refractivity contribution is 7.18. The van der Waals surface area contributed by atoms with E-state index in [0.29, 0.717) is 24.5 Å². The van der Waals surface area contributed by atoms with Gasteiger partial charge in [0.1, 0.15) is 15.4 Å². The predicted octanol–water partition coefficient (Wildman–Crippen LogP) is 4.02. The summed E-state index contributed by atoms with van der Waals surface area (Å²) in [6, 6.07) is 6.80. The van der Waals surface area contributed by atoms with Crippen molar-refractivity contribution in [1.82, 2.24) is 24.8 Å². The number of fused-ring (bicyclic) bond motifs is 1. The fourth-order valence-electron chi connectivity index (χ4n) is 4.11. The molecule has 2 N–H and O–H groups in total. The third-order valence-corrected chi connectivity index (χ3v) is 6.89. The summed E-state index contributed by atoms with van der Waals surface area (Å²) in [4.78, 5) is 22.2. The standard InChI is InChI=1S/C23H32N6OS/c1-4-29(15(2)3)14-18-12-17(13-21-28-20-6-5-11-24-22(20)31-21)26-23(27-18)25-16-7-9-19(30)10-8-16/h5-6,11-12,15-16,19,30H,4,7-10,13-14H2,1-3H3,(H,25,26,27). The fourth-order valence-corrected chi connectivity index (χ4v) is 5.02. The normalized spacial score (nSPS) is 19.4. The average molecular weight is 441 g/mol. The summed E-state index contributed by atoms with van der Waals surface area (Å²) in [7, 11) is 0.